The summed E-state index contributed by atoms with van der Waals surface area (Å²) in [4.78, 5) is 52.4. The predicted molar refractivity (Wildman–Crippen MR) is 205 cm³/mol. The molecule has 0 saturated heterocycles. The van der Waals surface area contributed by atoms with Gasteiger partial charge in [0.1, 0.15) is 23.6 Å². The fourth-order valence-electron chi connectivity index (χ4n) is 4.89. The molecule has 0 aromatic heterocycles. The van der Waals surface area contributed by atoms with Crippen LogP contribution in [0.5, 0.6) is 11.5 Å². The van der Waals surface area contributed by atoms with Gasteiger partial charge < -0.3 is 60.1 Å². The van der Waals surface area contributed by atoms with Crippen molar-refractivity contribution in [1.29, 1.82) is 0 Å². The first kappa shape index (κ1) is 51.5. The summed E-state index contributed by atoms with van der Waals surface area (Å²) in [5.41, 5.74) is 31.1. The number of nitrogens with two attached hydrogens (primary N) is 5. The number of hydrogen-bond acceptors (Lipinski definition) is 11. The lowest BCUT2D eigenvalue weighted by atomic mass is 9.95. The number of phenols is 2. The third-order valence-corrected chi connectivity index (χ3v) is 7.66. The summed E-state index contributed by atoms with van der Waals surface area (Å²) in [5.74, 6) is -2.48. The van der Waals surface area contributed by atoms with E-state index < -0.39 is 53.8 Å². The lowest BCUT2D eigenvalue weighted by Gasteiger charge is -2.25. The minimum atomic E-state index is -1.19. The van der Waals surface area contributed by atoms with Crippen molar-refractivity contribution in [1.82, 2.24) is 21.3 Å². The Morgan fingerprint density at radius 3 is 1.90 bits per heavy atom. The number of carbonyl (C=O) groups is 4. The fourth-order valence-corrected chi connectivity index (χ4v) is 4.89. The molecule has 2 aromatic carbocycles. The first-order valence-corrected chi connectivity index (χ1v) is 14.9. The van der Waals surface area contributed by atoms with Crippen LogP contribution in [-0.2, 0) is 32.0 Å². The smallest absolute Gasteiger partial charge is 0.243 e. The summed E-state index contributed by atoms with van der Waals surface area (Å²) in [6.45, 7) is 0.545. The average Bonchev–Trinajstić information content (AvgIpc) is 3.02. The molecule has 16 N–H and O–H groups in total. The van der Waals surface area contributed by atoms with E-state index in [9.17, 15) is 29.4 Å². The molecule has 0 radical (unpaired) electrons. The molecule has 4 bridgehead atoms. The number of amides is 4. The molecule has 0 aliphatic carbocycles. The first-order chi connectivity index (χ1) is 21.5. The van der Waals surface area contributed by atoms with Gasteiger partial charge in [-0.1, -0.05) is 12.1 Å². The van der Waals surface area contributed by atoms with E-state index in [2.05, 4.69) is 21.3 Å². The number of rotatable bonds is 11. The summed E-state index contributed by atoms with van der Waals surface area (Å²) in [7, 11) is 0. The highest BCUT2D eigenvalue weighted by atomic mass is 35.5. The second kappa shape index (κ2) is 25.2. The zero-order valence-electron chi connectivity index (χ0n) is 27.2. The number of benzene rings is 2. The van der Waals surface area contributed by atoms with Crippen molar-refractivity contribution in [2.45, 2.75) is 62.3 Å². The van der Waals surface area contributed by atoms with Crippen LogP contribution in [0.4, 0.5) is 0 Å². The normalized spacial score (nSPS) is 17.5. The monoisotopic (exact) mass is 807 g/mol. The molecule has 3 rings (SSSR count). The largest absolute Gasteiger partial charge is 0.508 e. The summed E-state index contributed by atoms with van der Waals surface area (Å²) in [5, 5.41) is 31.9. The van der Waals surface area contributed by atoms with Gasteiger partial charge in [0.15, 0.2) is 0 Å². The molecule has 15 nitrogen and oxygen atoms in total. The minimum absolute atomic E-state index is 0. The van der Waals surface area contributed by atoms with E-state index in [0.717, 1.165) is 0 Å². The van der Waals surface area contributed by atoms with Crippen molar-refractivity contribution < 1.29 is 29.4 Å². The van der Waals surface area contributed by atoms with E-state index in [1.807, 2.05) is 0 Å². The molecule has 1 aliphatic heterocycles. The average molecular weight is 810 g/mol. The van der Waals surface area contributed by atoms with Crippen LogP contribution >= 0.6 is 62.0 Å². The van der Waals surface area contributed by atoms with Gasteiger partial charge in [0.05, 0.1) is 18.1 Å². The lowest BCUT2D eigenvalue weighted by molar-refractivity contribution is -0.132. The maximum absolute atomic E-state index is 13.5. The molecule has 0 saturated carbocycles. The van der Waals surface area contributed by atoms with Crippen LogP contribution in [0.2, 0.25) is 0 Å². The van der Waals surface area contributed by atoms with Gasteiger partial charge in [-0.15, -0.1) is 62.0 Å². The summed E-state index contributed by atoms with van der Waals surface area (Å²) >= 11 is 0. The maximum atomic E-state index is 13.5. The number of aromatic hydroxyl groups is 2. The van der Waals surface area contributed by atoms with Crippen LogP contribution in [0, 0.1) is 0 Å². The second-order valence-corrected chi connectivity index (χ2v) is 11.1. The van der Waals surface area contributed by atoms with E-state index in [4.69, 9.17) is 28.7 Å². The summed E-state index contributed by atoms with van der Waals surface area (Å²) < 4.78 is 0. The van der Waals surface area contributed by atoms with E-state index in [0.29, 0.717) is 28.7 Å². The van der Waals surface area contributed by atoms with E-state index in [1.54, 1.807) is 24.3 Å². The standard InChI is InChI=1S/C30H45N9O6.5ClH/c31-8-1-2-23-30(45)39-24(29(44)36-9-7-21(34)27(42)37-20(14-32)15-33)13-19-11-17(4-6-26(19)41)16-3-5-25(40)18(10-16)12-22(35)28(43)38-23;;;;;/h3-6,10-11,20-24,40-41H,1-2,7-9,12-15,31-35H2,(H,36,44)(H,37,42)(H,38,43)(H,39,45);5*1H/t21-,22-,23-,24-;;;;;/m0...../s1. The number of nitrogens with one attached hydrogen (secondary N) is 4. The zero-order chi connectivity index (χ0) is 33.1. The van der Waals surface area contributed by atoms with Crippen LogP contribution in [0.3, 0.4) is 0 Å². The molecule has 4 amide bonds. The summed E-state index contributed by atoms with van der Waals surface area (Å²) in [6.07, 6.45) is 0.530. The highest BCUT2D eigenvalue weighted by Crippen LogP contribution is 2.30. The molecule has 0 unspecified atom stereocenters. The van der Waals surface area contributed by atoms with Gasteiger partial charge in [0, 0.05) is 32.5 Å². The third kappa shape index (κ3) is 14.8. The third-order valence-electron chi connectivity index (χ3n) is 7.66. The van der Waals surface area contributed by atoms with Gasteiger partial charge in [-0.3, -0.25) is 19.2 Å². The SMILES string of the molecule is Cl.Cl.Cl.Cl.Cl.NCCC[C@@H]1NC(=O)[C@@H](N)Cc2cc(ccc2O)-c2ccc(O)c(c2)C[C@@H](C(=O)NCC[C@H](N)C(=O)NC(CN)CN)NC1=O. The number of fused-ring (bicyclic) bond motifs is 5. The molecule has 20 heteroatoms. The Morgan fingerprint density at radius 1 is 0.840 bits per heavy atom. The van der Waals surface area contributed by atoms with Crippen LogP contribution in [0.15, 0.2) is 36.4 Å². The fraction of sp³-hybridized carbons (Fsp3) is 0.467. The second-order valence-electron chi connectivity index (χ2n) is 11.1. The van der Waals surface area contributed by atoms with Gasteiger partial charge in [-0.05, 0) is 72.3 Å². The first-order valence-electron chi connectivity index (χ1n) is 14.9. The molecular weight excluding hydrogens is 760 g/mol. The van der Waals surface area contributed by atoms with Gasteiger partial charge >= 0.3 is 0 Å². The molecular formula is C30H50Cl5N9O6. The molecule has 1 aliphatic rings. The highest BCUT2D eigenvalue weighted by molar-refractivity contribution is 5.93. The molecule has 2 aromatic rings. The summed E-state index contributed by atoms with van der Waals surface area (Å²) in [6, 6.07) is 4.95. The number of phenolic OH excluding ortho intramolecular Hbond substituents is 2. The van der Waals surface area contributed by atoms with Crippen molar-refractivity contribution in [3.05, 3.63) is 47.5 Å². The number of carbonyl (C=O) groups excluding carboxylic acids is 4. The Hall–Kier alpha value is -2.83. The Bertz CT molecular complexity index is 1380. The molecule has 1 heterocycles. The Labute approximate surface area is 322 Å². The molecule has 4 atom stereocenters. The van der Waals surface area contributed by atoms with Crippen LogP contribution in [0.25, 0.3) is 11.1 Å². The zero-order valence-corrected chi connectivity index (χ0v) is 31.3. The molecule has 286 valence electrons. The van der Waals surface area contributed by atoms with Crippen molar-refractivity contribution in [3.8, 4) is 22.6 Å². The van der Waals surface area contributed by atoms with Gasteiger partial charge in [-0.25, -0.2) is 0 Å². The van der Waals surface area contributed by atoms with Gasteiger partial charge in [0.25, 0.3) is 0 Å². The van der Waals surface area contributed by atoms with Crippen LogP contribution in [0.1, 0.15) is 30.4 Å². The van der Waals surface area contributed by atoms with Gasteiger partial charge in [-0.2, -0.15) is 0 Å². The topological polar surface area (TPSA) is 287 Å². The maximum Gasteiger partial charge on any atom is 0.243 e. The van der Waals surface area contributed by atoms with Crippen molar-refractivity contribution in [2.24, 2.45) is 28.7 Å². The van der Waals surface area contributed by atoms with E-state index >= 15 is 0 Å². The van der Waals surface area contributed by atoms with Crippen LogP contribution in [-0.4, -0.2) is 90.2 Å². The number of halogens is 5. The van der Waals surface area contributed by atoms with Gasteiger partial charge in [0.2, 0.25) is 23.6 Å². The molecule has 0 spiro atoms. The predicted octanol–water partition coefficient (Wildman–Crippen LogP) is -0.756. The van der Waals surface area contributed by atoms with Crippen molar-refractivity contribution >= 4 is 85.7 Å². The Kier molecular flexibility index (Phi) is 26.0. The van der Waals surface area contributed by atoms with E-state index in [-0.39, 0.29) is 125 Å². The van der Waals surface area contributed by atoms with E-state index in [1.165, 1.54) is 12.1 Å². The highest BCUT2D eigenvalue weighted by Gasteiger charge is 2.30. The van der Waals surface area contributed by atoms with Crippen molar-refractivity contribution in [2.75, 3.05) is 26.2 Å². The Morgan fingerprint density at radius 2 is 1.38 bits per heavy atom. The lowest BCUT2D eigenvalue weighted by Crippen LogP contribution is -2.57. The minimum Gasteiger partial charge on any atom is -0.508 e. The quantitative estimate of drug-likeness (QED) is 0.134. The Balaban J connectivity index is -0.00000442. The molecule has 50 heavy (non-hydrogen) atoms. The molecule has 0 fully saturated rings. The van der Waals surface area contributed by atoms with Crippen molar-refractivity contribution in [3.63, 3.8) is 0 Å². The van der Waals surface area contributed by atoms with Crippen LogP contribution < -0.4 is 49.9 Å². The number of hydrogen-bond donors (Lipinski definition) is 11.